The number of hydrogen-bond acceptors (Lipinski definition) is 2. The van der Waals surface area contributed by atoms with Crippen molar-refractivity contribution in [3.05, 3.63) is 69.4 Å². The molecule has 0 aliphatic heterocycles. The highest BCUT2D eigenvalue weighted by Gasteiger charge is 2.13. The fourth-order valence-electron chi connectivity index (χ4n) is 2.65. The third-order valence-corrected chi connectivity index (χ3v) is 4.73. The second-order valence-corrected chi connectivity index (χ2v) is 6.78. The lowest BCUT2D eigenvalue weighted by Crippen LogP contribution is -2.01. The average molecular weight is 417 g/mol. The van der Waals surface area contributed by atoms with E-state index >= 15 is 0 Å². The zero-order valence-electron chi connectivity index (χ0n) is 11.5. The topological polar surface area (TPSA) is 30.7 Å². The molecule has 0 unspecified atom stereocenters. The molecule has 2 heterocycles. The molecule has 0 amide bonds. The van der Waals surface area contributed by atoms with Crippen molar-refractivity contribution in [2.75, 3.05) is 0 Å². The highest BCUT2D eigenvalue weighted by Crippen LogP contribution is 2.31. The van der Waals surface area contributed by atoms with Gasteiger partial charge in [-0.25, -0.2) is 0 Å². The minimum atomic E-state index is 0.726. The molecule has 22 heavy (non-hydrogen) atoms. The number of hydrogen-bond donors (Lipinski definition) is 0. The van der Waals surface area contributed by atoms with Gasteiger partial charge in [-0.2, -0.15) is 5.10 Å². The van der Waals surface area contributed by atoms with Crippen molar-refractivity contribution in [2.24, 2.45) is 0 Å². The molecule has 4 rings (SSSR count). The first-order chi connectivity index (χ1) is 10.7. The van der Waals surface area contributed by atoms with E-state index in [4.69, 9.17) is 0 Å². The average Bonchev–Trinajstić information content (AvgIpc) is 2.85. The lowest BCUT2D eigenvalue weighted by Gasteiger charge is -2.04. The number of aromatic nitrogens is 3. The summed E-state index contributed by atoms with van der Waals surface area (Å²) in [6, 6.07) is 16.4. The lowest BCUT2D eigenvalue weighted by atomic mass is 10.1. The minimum Gasteiger partial charge on any atom is -0.258 e. The monoisotopic (exact) mass is 415 g/mol. The molecule has 0 fully saturated rings. The Hall–Kier alpha value is -1.72. The summed E-state index contributed by atoms with van der Waals surface area (Å²) in [7, 11) is 0. The molecule has 4 aromatic rings. The standard InChI is InChI=1S/C17H11Br2N3/c18-12-6-7-14-13(8-12)16-15(9-20-14)22(21-17(16)19)10-11-4-2-1-3-5-11/h1-9H,10H2. The molecule has 0 aliphatic carbocycles. The van der Waals surface area contributed by atoms with Gasteiger partial charge in [0, 0.05) is 15.2 Å². The fourth-order valence-corrected chi connectivity index (χ4v) is 3.62. The SMILES string of the molecule is Brc1ccc2ncc3c(c(Br)nn3Cc3ccccc3)c2c1. The Kier molecular flexibility index (Phi) is 3.47. The van der Waals surface area contributed by atoms with E-state index in [1.54, 1.807) is 0 Å². The van der Waals surface area contributed by atoms with Gasteiger partial charge in [0.25, 0.3) is 0 Å². The molecule has 0 spiro atoms. The van der Waals surface area contributed by atoms with Gasteiger partial charge in [0.05, 0.1) is 23.8 Å². The van der Waals surface area contributed by atoms with Crippen LogP contribution in [0.5, 0.6) is 0 Å². The molecule has 0 radical (unpaired) electrons. The van der Waals surface area contributed by atoms with Crippen LogP contribution in [0.25, 0.3) is 21.8 Å². The lowest BCUT2D eigenvalue weighted by molar-refractivity contribution is 0.705. The Morgan fingerprint density at radius 3 is 2.64 bits per heavy atom. The summed E-state index contributed by atoms with van der Waals surface area (Å²) in [5, 5.41) is 6.84. The summed E-state index contributed by atoms with van der Waals surface area (Å²) < 4.78 is 3.88. The third kappa shape index (κ3) is 2.34. The van der Waals surface area contributed by atoms with Gasteiger partial charge in [-0.3, -0.25) is 9.67 Å². The smallest absolute Gasteiger partial charge is 0.136 e. The van der Waals surface area contributed by atoms with Crippen LogP contribution in [0.3, 0.4) is 0 Å². The van der Waals surface area contributed by atoms with Crippen molar-refractivity contribution in [2.45, 2.75) is 6.54 Å². The van der Waals surface area contributed by atoms with Crippen LogP contribution in [0.15, 0.2) is 63.8 Å². The highest BCUT2D eigenvalue weighted by molar-refractivity contribution is 9.10. The zero-order valence-corrected chi connectivity index (χ0v) is 14.7. The van der Waals surface area contributed by atoms with Crippen LogP contribution < -0.4 is 0 Å². The Morgan fingerprint density at radius 2 is 1.82 bits per heavy atom. The van der Waals surface area contributed by atoms with E-state index in [2.05, 4.69) is 60.1 Å². The van der Waals surface area contributed by atoms with Gasteiger partial charge in [0.1, 0.15) is 4.60 Å². The van der Waals surface area contributed by atoms with E-state index in [1.165, 1.54) is 5.56 Å². The first-order valence-electron chi connectivity index (χ1n) is 6.86. The largest absolute Gasteiger partial charge is 0.258 e. The van der Waals surface area contributed by atoms with E-state index in [0.717, 1.165) is 37.4 Å². The summed E-state index contributed by atoms with van der Waals surface area (Å²) in [6.07, 6.45) is 1.90. The first kappa shape index (κ1) is 13.9. The molecule has 0 saturated carbocycles. The molecule has 0 saturated heterocycles. The van der Waals surface area contributed by atoms with Crippen LogP contribution in [0.2, 0.25) is 0 Å². The second kappa shape index (κ2) is 5.48. The Labute approximate surface area is 144 Å². The van der Waals surface area contributed by atoms with Crippen LogP contribution in [0, 0.1) is 0 Å². The van der Waals surface area contributed by atoms with Crippen molar-refractivity contribution in [3.8, 4) is 0 Å². The van der Waals surface area contributed by atoms with Crippen LogP contribution in [-0.4, -0.2) is 14.8 Å². The van der Waals surface area contributed by atoms with Gasteiger partial charge in [-0.1, -0.05) is 46.3 Å². The van der Waals surface area contributed by atoms with Gasteiger partial charge in [0.2, 0.25) is 0 Å². The number of nitrogens with zero attached hydrogens (tertiary/aromatic N) is 3. The first-order valence-corrected chi connectivity index (χ1v) is 8.45. The van der Waals surface area contributed by atoms with Crippen LogP contribution >= 0.6 is 31.9 Å². The molecule has 2 aromatic carbocycles. The van der Waals surface area contributed by atoms with Gasteiger partial charge in [-0.05, 0) is 39.7 Å². The predicted molar refractivity (Wildman–Crippen MR) is 96.0 cm³/mol. The van der Waals surface area contributed by atoms with Gasteiger partial charge >= 0.3 is 0 Å². The molecule has 108 valence electrons. The fraction of sp³-hybridized carbons (Fsp3) is 0.0588. The van der Waals surface area contributed by atoms with E-state index in [0.29, 0.717) is 0 Å². The van der Waals surface area contributed by atoms with Gasteiger partial charge in [-0.15, -0.1) is 0 Å². The highest BCUT2D eigenvalue weighted by atomic mass is 79.9. The van der Waals surface area contributed by atoms with E-state index in [1.807, 2.05) is 41.2 Å². The van der Waals surface area contributed by atoms with Crippen LogP contribution in [0.4, 0.5) is 0 Å². The quantitative estimate of drug-likeness (QED) is 0.452. The van der Waals surface area contributed by atoms with Crippen molar-refractivity contribution < 1.29 is 0 Å². The molecule has 0 N–H and O–H groups in total. The number of fused-ring (bicyclic) bond motifs is 3. The van der Waals surface area contributed by atoms with Crippen molar-refractivity contribution in [1.29, 1.82) is 0 Å². The molecule has 2 aromatic heterocycles. The molecule has 5 heteroatoms. The molecule has 0 atom stereocenters. The van der Waals surface area contributed by atoms with Crippen molar-refractivity contribution >= 4 is 53.7 Å². The molecule has 0 bridgehead atoms. The summed E-state index contributed by atoms with van der Waals surface area (Å²) in [6.45, 7) is 0.726. The maximum absolute atomic E-state index is 4.64. The maximum atomic E-state index is 4.64. The summed E-state index contributed by atoms with van der Waals surface area (Å²) in [5.41, 5.74) is 3.21. The molecular formula is C17H11Br2N3. The van der Waals surface area contributed by atoms with Crippen LogP contribution in [-0.2, 0) is 6.54 Å². The summed E-state index contributed by atoms with van der Waals surface area (Å²) in [4.78, 5) is 4.56. The normalized spacial score (nSPS) is 11.4. The number of halogens is 2. The third-order valence-electron chi connectivity index (χ3n) is 3.68. The molecule has 3 nitrogen and oxygen atoms in total. The molecular weight excluding hydrogens is 406 g/mol. The summed E-state index contributed by atoms with van der Waals surface area (Å²) >= 11 is 7.13. The van der Waals surface area contributed by atoms with Gasteiger partial charge < -0.3 is 0 Å². The van der Waals surface area contributed by atoms with Crippen LogP contribution in [0.1, 0.15) is 5.56 Å². The van der Waals surface area contributed by atoms with Gasteiger partial charge in [0.15, 0.2) is 0 Å². The minimum absolute atomic E-state index is 0.726. The summed E-state index contributed by atoms with van der Waals surface area (Å²) in [5.74, 6) is 0. The van der Waals surface area contributed by atoms with E-state index < -0.39 is 0 Å². The number of benzene rings is 2. The Bertz CT molecular complexity index is 977. The van der Waals surface area contributed by atoms with E-state index in [9.17, 15) is 0 Å². The zero-order chi connectivity index (χ0) is 15.1. The number of pyridine rings is 1. The Morgan fingerprint density at radius 1 is 1.00 bits per heavy atom. The van der Waals surface area contributed by atoms with Crippen molar-refractivity contribution in [1.82, 2.24) is 14.8 Å². The van der Waals surface area contributed by atoms with Crippen molar-refractivity contribution in [3.63, 3.8) is 0 Å². The molecule has 0 aliphatic rings. The number of rotatable bonds is 2. The predicted octanol–water partition coefficient (Wildman–Crippen LogP) is 5.16. The Balaban J connectivity index is 1.94. The van der Waals surface area contributed by atoms with E-state index in [-0.39, 0.29) is 0 Å². The maximum Gasteiger partial charge on any atom is 0.136 e. The second-order valence-electron chi connectivity index (χ2n) is 5.11.